The van der Waals surface area contributed by atoms with Crippen molar-refractivity contribution < 1.29 is 27.9 Å². The van der Waals surface area contributed by atoms with E-state index in [1.807, 2.05) is 19.9 Å². The molecular weight excluding hydrogens is 450 g/mol. The van der Waals surface area contributed by atoms with Crippen LogP contribution in [0.1, 0.15) is 17.5 Å². The molecule has 1 fully saturated rings. The molecule has 1 amide bonds. The number of aryl methyl sites for hydroxylation is 2. The molecule has 5 rings (SSSR count). The Kier molecular flexibility index (Phi) is 5.64. The number of amides is 1. The molecule has 1 aliphatic heterocycles. The van der Waals surface area contributed by atoms with E-state index in [9.17, 15) is 14.4 Å². The number of benzene rings is 2. The third kappa shape index (κ3) is 4.07. The van der Waals surface area contributed by atoms with Gasteiger partial charge in [-0.1, -0.05) is 6.07 Å². The second-order valence-electron chi connectivity index (χ2n) is 8.55. The molecule has 35 heavy (non-hydrogen) atoms. The highest BCUT2D eigenvalue weighted by atomic mass is 16.5. The van der Waals surface area contributed by atoms with Gasteiger partial charge in [0.2, 0.25) is 22.8 Å². The predicted octanol–water partition coefficient (Wildman–Crippen LogP) is 4.64. The van der Waals surface area contributed by atoms with Crippen molar-refractivity contribution in [1.82, 2.24) is 0 Å². The Morgan fingerprint density at radius 3 is 2.54 bits per heavy atom. The van der Waals surface area contributed by atoms with Crippen LogP contribution in [0.4, 0.5) is 5.69 Å². The number of ether oxygens (including phenoxy) is 2. The van der Waals surface area contributed by atoms with Crippen LogP contribution in [0.3, 0.4) is 0 Å². The zero-order valence-electron chi connectivity index (χ0n) is 19.5. The molecule has 1 saturated heterocycles. The van der Waals surface area contributed by atoms with Crippen molar-refractivity contribution in [2.75, 3.05) is 18.6 Å². The van der Waals surface area contributed by atoms with Gasteiger partial charge in [-0.2, -0.15) is 0 Å². The molecule has 1 atom stereocenters. The van der Waals surface area contributed by atoms with E-state index in [4.69, 9.17) is 18.3 Å². The van der Waals surface area contributed by atoms with Gasteiger partial charge in [0, 0.05) is 18.7 Å². The van der Waals surface area contributed by atoms with E-state index in [0.29, 0.717) is 22.4 Å². The number of carbonyl (C=O) groups is 2. The molecular formula is C27H23NO7. The van der Waals surface area contributed by atoms with Gasteiger partial charge in [0.05, 0.1) is 24.7 Å². The van der Waals surface area contributed by atoms with E-state index in [2.05, 4.69) is 0 Å². The van der Waals surface area contributed by atoms with E-state index >= 15 is 0 Å². The van der Waals surface area contributed by atoms with Gasteiger partial charge in [0.15, 0.2) is 5.76 Å². The van der Waals surface area contributed by atoms with Gasteiger partial charge in [-0.15, -0.1) is 0 Å². The smallest absolute Gasteiger partial charge is 0.316 e. The largest absolute Gasteiger partial charge is 0.497 e. The molecule has 0 saturated carbocycles. The minimum atomic E-state index is -0.747. The lowest BCUT2D eigenvalue weighted by molar-refractivity contribution is -0.139. The first-order valence-electron chi connectivity index (χ1n) is 11.1. The highest BCUT2D eigenvalue weighted by molar-refractivity contribution is 6.00. The summed E-state index contributed by atoms with van der Waals surface area (Å²) in [6, 6.07) is 13.9. The Balaban J connectivity index is 1.48. The maximum Gasteiger partial charge on any atom is 0.316 e. The molecule has 1 aliphatic rings. The van der Waals surface area contributed by atoms with Gasteiger partial charge < -0.3 is 23.2 Å². The van der Waals surface area contributed by atoms with Crippen molar-refractivity contribution in [3.63, 3.8) is 0 Å². The zero-order valence-corrected chi connectivity index (χ0v) is 19.5. The van der Waals surface area contributed by atoms with Crippen LogP contribution in [0.5, 0.6) is 11.5 Å². The summed E-state index contributed by atoms with van der Waals surface area (Å²) in [5.74, 6) is -0.937. The molecule has 0 spiro atoms. The summed E-state index contributed by atoms with van der Waals surface area (Å²) in [5, 5.41) is 0.308. The second kappa shape index (κ2) is 8.79. The summed E-state index contributed by atoms with van der Waals surface area (Å²) in [4.78, 5) is 40.8. The zero-order chi connectivity index (χ0) is 24.7. The topological polar surface area (TPSA) is 99.2 Å². The standard InChI is InChI=1S/C27H23NO7/c1-15-11-16(2)24-20(12-15)23(30)26(25(34-24)21-5-4-10-33-21)35-27(31)17-13-22(29)28(14-17)18-6-8-19(32-3)9-7-18/h4-12,17H,13-14H2,1-3H3. The Labute approximate surface area is 200 Å². The van der Waals surface area contributed by atoms with E-state index in [1.165, 1.54) is 11.2 Å². The van der Waals surface area contributed by atoms with E-state index in [0.717, 1.165) is 11.1 Å². The Bertz CT molecular complexity index is 1480. The van der Waals surface area contributed by atoms with Gasteiger partial charge in [-0.3, -0.25) is 14.4 Å². The first kappa shape index (κ1) is 22.5. The van der Waals surface area contributed by atoms with E-state index < -0.39 is 17.3 Å². The molecule has 4 aromatic rings. The number of hydrogen-bond acceptors (Lipinski definition) is 7. The fourth-order valence-electron chi connectivity index (χ4n) is 4.36. The number of anilines is 1. The third-order valence-electron chi connectivity index (χ3n) is 6.07. The number of rotatable bonds is 5. The average Bonchev–Trinajstić information content (AvgIpc) is 3.51. The number of esters is 1. The van der Waals surface area contributed by atoms with Gasteiger partial charge in [-0.05, 0) is 67.4 Å². The molecule has 0 aliphatic carbocycles. The molecule has 0 radical (unpaired) electrons. The van der Waals surface area contributed by atoms with Crippen LogP contribution >= 0.6 is 0 Å². The van der Waals surface area contributed by atoms with Gasteiger partial charge in [0.25, 0.3) is 0 Å². The van der Waals surface area contributed by atoms with Crippen molar-refractivity contribution in [3.8, 4) is 23.0 Å². The van der Waals surface area contributed by atoms with Crippen molar-refractivity contribution in [2.45, 2.75) is 20.3 Å². The second-order valence-corrected chi connectivity index (χ2v) is 8.55. The first-order chi connectivity index (χ1) is 16.9. The SMILES string of the molecule is COc1ccc(N2CC(C(=O)Oc3c(-c4ccco4)oc4c(C)cc(C)cc4c3=O)CC2=O)cc1. The van der Waals surface area contributed by atoms with Crippen LogP contribution in [0.25, 0.3) is 22.5 Å². The molecule has 2 aromatic heterocycles. The van der Waals surface area contributed by atoms with Crippen molar-refractivity contribution in [2.24, 2.45) is 5.92 Å². The third-order valence-corrected chi connectivity index (χ3v) is 6.07. The summed E-state index contributed by atoms with van der Waals surface area (Å²) in [5.41, 5.74) is 2.22. The lowest BCUT2D eigenvalue weighted by atomic mass is 10.1. The highest BCUT2D eigenvalue weighted by Gasteiger charge is 2.37. The fourth-order valence-corrected chi connectivity index (χ4v) is 4.36. The summed E-state index contributed by atoms with van der Waals surface area (Å²) in [6.45, 7) is 3.85. The van der Waals surface area contributed by atoms with Crippen LogP contribution in [-0.2, 0) is 9.59 Å². The lowest BCUT2D eigenvalue weighted by Gasteiger charge is -2.17. The Morgan fingerprint density at radius 2 is 1.86 bits per heavy atom. The number of nitrogens with zero attached hydrogens (tertiary/aromatic N) is 1. The quantitative estimate of drug-likeness (QED) is 0.390. The van der Waals surface area contributed by atoms with Crippen LogP contribution in [0.2, 0.25) is 0 Å². The van der Waals surface area contributed by atoms with Gasteiger partial charge in [0.1, 0.15) is 11.3 Å². The number of carbonyl (C=O) groups excluding carboxylic acids is 2. The average molecular weight is 473 g/mol. The Morgan fingerprint density at radius 1 is 1.09 bits per heavy atom. The fraction of sp³-hybridized carbons (Fsp3) is 0.222. The van der Waals surface area contributed by atoms with Crippen molar-refractivity contribution in [1.29, 1.82) is 0 Å². The van der Waals surface area contributed by atoms with Crippen LogP contribution in [0.15, 0.2) is 68.4 Å². The van der Waals surface area contributed by atoms with Gasteiger partial charge in [-0.25, -0.2) is 0 Å². The molecule has 1 unspecified atom stereocenters. The summed E-state index contributed by atoms with van der Waals surface area (Å²) in [7, 11) is 1.56. The normalized spacial score (nSPS) is 15.6. The van der Waals surface area contributed by atoms with E-state index in [-0.39, 0.29) is 36.1 Å². The first-order valence-corrected chi connectivity index (χ1v) is 11.1. The van der Waals surface area contributed by atoms with Crippen LogP contribution < -0.4 is 19.8 Å². The lowest BCUT2D eigenvalue weighted by Crippen LogP contribution is -2.28. The minimum Gasteiger partial charge on any atom is -0.497 e. The molecule has 178 valence electrons. The van der Waals surface area contributed by atoms with Crippen LogP contribution in [-0.4, -0.2) is 25.5 Å². The number of fused-ring (bicyclic) bond motifs is 1. The van der Waals surface area contributed by atoms with Crippen molar-refractivity contribution in [3.05, 3.63) is 76.1 Å². The maximum atomic E-state index is 13.4. The summed E-state index contributed by atoms with van der Waals surface area (Å²) in [6.07, 6.45) is 1.41. The van der Waals surface area contributed by atoms with E-state index in [1.54, 1.807) is 49.6 Å². The van der Waals surface area contributed by atoms with Crippen molar-refractivity contribution >= 4 is 28.5 Å². The number of methoxy groups -OCH3 is 1. The molecule has 2 aromatic carbocycles. The molecule has 8 heteroatoms. The number of hydrogen-bond donors (Lipinski definition) is 0. The summed E-state index contributed by atoms with van der Waals surface area (Å²) < 4.78 is 22.3. The minimum absolute atomic E-state index is 0.0297. The Hall–Kier alpha value is -4.33. The van der Waals surface area contributed by atoms with Gasteiger partial charge >= 0.3 is 5.97 Å². The maximum absolute atomic E-state index is 13.4. The predicted molar refractivity (Wildman–Crippen MR) is 129 cm³/mol. The monoisotopic (exact) mass is 473 g/mol. The van der Waals surface area contributed by atoms with Crippen LogP contribution in [0, 0.1) is 19.8 Å². The molecule has 8 nitrogen and oxygen atoms in total. The number of furan rings is 1. The highest BCUT2D eigenvalue weighted by Crippen LogP contribution is 2.34. The molecule has 3 heterocycles. The molecule has 0 N–H and O–H groups in total. The summed E-state index contributed by atoms with van der Waals surface area (Å²) >= 11 is 0. The molecule has 0 bridgehead atoms.